The van der Waals surface area contributed by atoms with E-state index in [1.54, 1.807) is 6.26 Å². The van der Waals surface area contributed by atoms with E-state index in [1.165, 1.54) is 11.8 Å². The Hall–Kier alpha value is -2.99. The maximum atomic E-state index is 13.1. The van der Waals surface area contributed by atoms with Gasteiger partial charge in [-0.3, -0.25) is 4.79 Å². The van der Waals surface area contributed by atoms with Crippen molar-refractivity contribution in [2.24, 2.45) is 0 Å². The number of amides is 1. The number of aromatic nitrogens is 2. The van der Waals surface area contributed by atoms with E-state index in [0.717, 1.165) is 34.1 Å². The largest absolute Gasteiger partial charge is 0.467 e. The minimum absolute atomic E-state index is 0.0602. The second-order valence-corrected chi connectivity index (χ2v) is 7.67. The molecule has 0 fully saturated rings. The van der Waals surface area contributed by atoms with E-state index in [-0.39, 0.29) is 5.91 Å². The molecule has 148 valence electrons. The van der Waals surface area contributed by atoms with Crippen molar-refractivity contribution in [1.29, 1.82) is 0 Å². The Kier molecular flexibility index (Phi) is 6.00. The number of imidazole rings is 1. The number of aryl methyl sites for hydroxylation is 1. The number of hydrogen-bond acceptors (Lipinski definition) is 4. The molecule has 5 nitrogen and oxygen atoms in total. The Balaban J connectivity index is 1.50. The molecule has 4 rings (SSSR count). The van der Waals surface area contributed by atoms with Gasteiger partial charge in [0.05, 0.1) is 29.6 Å². The summed E-state index contributed by atoms with van der Waals surface area (Å²) in [7, 11) is 0. The lowest BCUT2D eigenvalue weighted by Gasteiger charge is -2.22. The second-order valence-electron chi connectivity index (χ2n) is 6.73. The normalized spacial score (nSPS) is 11.1. The quantitative estimate of drug-likeness (QED) is 0.388. The van der Waals surface area contributed by atoms with E-state index in [0.29, 0.717) is 18.8 Å². The fourth-order valence-corrected chi connectivity index (χ4v) is 4.29. The van der Waals surface area contributed by atoms with Crippen molar-refractivity contribution in [3.05, 3.63) is 84.3 Å². The van der Waals surface area contributed by atoms with E-state index < -0.39 is 0 Å². The molecule has 0 saturated carbocycles. The van der Waals surface area contributed by atoms with Crippen LogP contribution >= 0.6 is 11.8 Å². The van der Waals surface area contributed by atoms with Crippen LogP contribution in [0.15, 0.2) is 82.6 Å². The van der Waals surface area contributed by atoms with Gasteiger partial charge in [0.2, 0.25) is 5.91 Å². The van der Waals surface area contributed by atoms with Crippen LogP contribution in [0.5, 0.6) is 0 Å². The van der Waals surface area contributed by atoms with Gasteiger partial charge in [-0.2, -0.15) is 0 Å². The highest BCUT2D eigenvalue weighted by atomic mass is 32.2. The number of hydrogen-bond donors (Lipinski definition) is 0. The molecule has 2 aromatic heterocycles. The lowest BCUT2D eigenvalue weighted by atomic mass is 10.2. The van der Waals surface area contributed by atoms with Crippen LogP contribution < -0.4 is 0 Å². The predicted molar refractivity (Wildman–Crippen MR) is 116 cm³/mol. The van der Waals surface area contributed by atoms with Crippen LogP contribution in [0.2, 0.25) is 0 Å². The maximum absolute atomic E-state index is 13.1. The van der Waals surface area contributed by atoms with E-state index in [1.807, 2.05) is 65.6 Å². The van der Waals surface area contributed by atoms with E-state index >= 15 is 0 Å². The van der Waals surface area contributed by atoms with Crippen molar-refractivity contribution in [3.8, 4) is 0 Å². The number of rotatable bonds is 8. The molecule has 29 heavy (non-hydrogen) atoms. The fourth-order valence-electron chi connectivity index (χ4n) is 3.31. The van der Waals surface area contributed by atoms with Crippen LogP contribution in [0.3, 0.4) is 0 Å². The van der Waals surface area contributed by atoms with Gasteiger partial charge in [-0.1, -0.05) is 54.2 Å². The second kappa shape index (κ2) is 9.01. The Morgan fingerprint density at radius 3 is 2.59 bits per heavy atom. The third-order valence-corrected chi connectivity index (χ3v) is 5.72. The standard InChI is InChI=1S/C23H23N3O2S/c1-2-26-21-13-7-6-12-20(21)24-23(26)29-17-22(27)25(16-19-11-8-14-28-19)15-18-9-4-3-5-10-18/h3-14H,2,15-17H2,1H3. The Bertz CT molecular complexity index is 1070. The molecule has 4 aromatic rings. The summed E-state index contributed by atoms with van der Waals surface area (Å²) in [5.74, 6) is 1.17. The summed E-state index contributed by atoms with van der Waals surface area (Å²) in [6, 6.07) is 21.8. The van der Waals surface area contributed by atoms with Crippen LogP contribution in [0.4, 0.5) is 0 Å². The number of carbonyl (C=O) groups excluding carboxylic acids is 1. The third kappa shape index (κ3) is 4.54. The van der Waals surface area contributed by atoms with Gasteiger partial charge in [-0.05, 0) is 36.8 Å². The number of fused-ring (bicyclic) bond motifs is 1. The maximum Gasteiger partial charge on any atom is 0.233 e. The topological polar surface area (TPSA) is 51.3 Å². The minimum Gasteiger partial charge on any atom is -0.467 e. The molecule has 0 aliphatic carbocycles. The lowest BCUT2D eigenvalue weighted by molar-refractivity contribution is -0.129. The Labute approximate surface area is 174 Å². The number of carbonyl (C=O) groups is 1. The molecule has 0 radical (unpaired) electrons. The molecule has 1 amide bonds. The first-order valence-corrected chi connectivity index (χ1v) is 10.7. The molecule has 0 atom stereocenters. The molecule has 2 heterocycles. The molecule has 0 spiro atoms. The zero-order valence-electron chi connectivity index (χ0n) is 16.3. The molecule has 0 saturated heterocycles. The zero-order chi connectivity index (χ0) is 20.1. The van der Waals surface area contributed by atoms with Gasteiger partial charge in [-0.15, -0.1) is 0 Å². The van der Waals surface area contributed by atoms with Crippen LogP contribution in [-0.2, 0) is 24.4 Å². The van der Waals surface area contributed by atoms with Crippen molar-refractivity contribution < 1.29 is 9.21 Å². The van der Waals surface area contributed by atoms with Crippen molar-refractivity contribution in [2.75, 3.05) is 5.75 Å². The van der Waals surface area contributed by atoms with Gasteiger partial charge in [0.25, 0.3) is 0 Å². The first kappa shape index (κ1) is 19.3. The average Bonchev–Trinajstić information content (AvgIpc) is 3.39. The van der Waals surface area contributed by atoms with Crippen LogP contribution in [0.1, 0.15) is 18.2 Å². The minimum atomic E-state index is 0.0602. The van der Waals surface area contributed by atoms with Gasteiger partial charge >= 0.3 is 0 Å². The highest BCUT2D eigenvalue weighted by Crippen LogP contribution is 2.24. The number of benzene rings is 2. The van der Waals surface area contributed by atoms with Gasteiger partial charge in [0.1, 0.15) is 5.76 Å². The molecular weight excluding hydrogens is 382 g/mol. The monoisotopic (exact) mass is 405 g/mol. The van der Waals surface area contributed by atoms with Gasteiger partial charge in [0, 0.05) is 13.1 Å². The molecule has 2 aromatic carbocycles. The fraction of sp³-hybridized carbons (Fsp3) is 0.217. The van der Waals surface area contributed by atoms with Gasteiger partial charge in [-0.25, -0.2) is 4.98 Å². The van der Waals surface area contributed by atoms with Crippen LogP contribution in [0.25, 0.3) is 11.0 Å². The molecule has 0 unspecified atom stereocenters. The van der Waals surface area contributed by atoms with Gasteiger partial charge in [0.15, 0.2) is 5.16 Å². The highest BCUT2D eigenvalue weighted by molar-refractivity contribution is 7.99. The van der Waals surface area contributed by atoms with Crippen molar-refractivity contribution >= 4 is 28.7 Å². The summed E-state index contributed by atoms with van der Waals surface area (Å²) < 4.78 is 7.63. The SMILES string of the molecule is CCn1c(SCC(=O)N(Cc2ccccc2)Cc2ccco2)nc2ccccc21. The van der Waals surface area contributed by atoms with E-state index in [2.05, 4.69) is 17.6 Å². The number of nitrogens with zero attached hydrogens (tertiary/aromatic N) is 3. The number of thioether (sulfide) groups is 1. The van der Waals surface area contributed by atoms with E-state index in [9.17, 15) is 4.79 Å². The summed E-state index contributed by atoms with van der Waals surface area (Å²) in [6.07, 6.45) is 1.64. The zero-order valence-corrected chi connectivity index (χ0v) is 17.1. The summed E-state index contributed by atoms with van der Waals surface area (Å²) in [5.41, 5.74) is 3.15. The van der Waals surface area contributed by atoms with Crippen LogP contribution in [0, 0.1) is 0 Å². The number of para-hydroxylation sites is 2. The van der Waals surface area contributed by atoms with Crippen molar-refractivity contribution in [2.45, 2.75) is 31.7 Å². The Morgan fingerprint density at radius 2 is 1.83 bits per heavy atom. The molecule has 0 aliphatic rings. The Morgan fingerprint density at radius 1 is 1.03 bits per heavy atom. The lowest BCUT2D eigenvalue weighted by Crippen LogP contribution is -2.31. The summed E-state index contributed by atoms with van der Waals surface area (Å²) in [6.45, 7) is 3.91. The molecule has 0 bridgehead atoms. The molecule has 0 N–H and O–H groups in total. The van der Waals surface area contributed by atoms with Gasteiger partial charge < -0.3 is 13.9 Å². The third-order valence-electron chi connectivity index (χ3n) is 4.76. The highest BCUT2D eigenvalue weighted by Gasteiger charge is 2.18. The average molecular weight is 406 g/mol. The molecular formula is C23H23N3O2S. The predicted octanol–water partition coefficient (Wildman–Crippen LogP) is 4.97. The summed E-state index contributed by atoms with van der Waals surface area (Å²) in [4.78, 5) is 19.6. The summed E-state index contributed by atoms with van der Waals surface area (Å²) in [5, 5.41) is 0.875. The number of furan rings is 1. The summed E-state index contributed by atoms with van der Waals surface area (Å²) >= 11 is 1.49. The first-order valence-electron chi connectivity index (χ1n) is 9.66. The smallest absolute Gasteiger partial charge is 0.233 e. The molecule has 0 aliphatic heterocycles. The first-order chi connectivity index (χ1) is 14.2. The van der Waals surface area contributed by atoms with Crippen LogP contribution in [-0.4, -0.2) is 26.1 Å². The molecule has 6 heteroatoms. The van der Waals surface area contributed by atoms with Crippen molar-refractivity contribution in [1.82, 2.24) is 14.5 Å². The van der Waals surface area contributed by atoms with Crippen molar-refractivity contribution in [3.63, 3.8) is 0 Å². The van der Waals surface area contributed by atoms with E-state index in [4.69, 9.17) is 9.40 Å².